The van der Waals surface area contributed by atoms with Crippen molar-refractivity contribution in [3.05, 3.63) is 57.9 Å². The van der Waals surface area contributed by atoms with Gasteiger partial charge < -0.3 is 15.5 Å². The van der Waals surface area contributed by atoms with Crippen LogP contribution >= 0.6 is 34.8 Å². The van der Waals surface area contributed by atoms with Crippen LogP contribution in [0.15, 0.2) is 62.5 Å². The first kappa shape index (κ1) is 38.2. The second kappa shape index (κ2) is 14.8. The molecule has 0 atom stereocenters. The number of rotatable bonds is 6. The Balaban J connectivity index is 0.00000280. The molecule has 21 heteroatoms. The van der Waals surface area contributed by atoms with Crippen LogP contribution < -0.4 is 64.4 Å². The van der Waals surface area contributed by atoms with Crippen molar-refractivity contribution in [3.8, 4) is 11.5 Å². The smallest absolute Gasteiger partial charge is 0.506 e. The summed E-state index contributed by atoms with van der Waals surface area (Å²) in [5, 5.41) is 30.6. The molecule has 4 rings (SSSR count). The maximum atomic E-state index is 12.1. The molecule has 0 saturated carbocycles. The molecule has 1 aromatic heterocycles. The minimum Gasteiger partial charge on any atom is -0.506 e. The number of hydrogen-bond acceptors (Lipinski definition) is 11. The van der Waals surface area contributed by atoms with Crippen LogP contribution in [-0.4, -0.2) is 46.1 Å². The summed E-state index contributed by atoms with van der Waals surface area (Å²) in [6.07, 6.45) is 0. The van der Waals surface area contributed by atoms with E-state index < -0.39 is 52.9 Å². The zero-order valence-corrected chi connectivity index (χ0v) is 29.3. The molecule has 0 fully saturated rings. The van der Waals surface area contributed by atoms with Gasteiger partial charge in [0.2, 0.25) is 5.28 Å². The number of anilines is 2. The van der Waals surface area contributed by atoms with E-state index in [2.05, 4.69) is 25.5 Å². The predicted octanol–water partition coefficient (Wildman–Crippen LogP) is -0.341. The molecule has 13 nitrogen and oxygen atoms in total. The second-order valence-corrected chi connectivity index (χ2v) is 11.3. The van der Waals surface area contributed by atoms with Crippen molar-refractivity contribution < 1.29 is 112 Å². The third-order valence-corrected chi connectivity index (χ3v) is 7.49. The average molecular weight is 730 g/mol. The van der Waals surface area contributed by atoms with Crippen LogP contribution in [0.3, 0.4) is 0 Å². The van der Waals surface area contributed by atoms with Crippen molar-refractivity contribution in [1.82, 2.24) is 9.97 Å². The fourth-order valence-electron chi connectivity index (χ4n) is 3.18. The number of hydrogen-bond donors (Lipinski definition) is 5. The number of phenols is 2. The van der Waals surface area contributed by atoms with E-state index in [1.54, 1.807) is 0 Å². The Labute approximate surface area is 302 Å². The Bertz CT molecular complexity index is 1890. The van der Waals surface area contributed by atoms with Gasteiger partial charge in [0.25, 0.3) is 20.2 Å². The van der Waals surface area contributed by atoms with Crippen LogP contribution in [0.4, 0.5) is 22.9 Å². The maximum Gasteiger partial charge on any atom is 1.00 e. The van der Waals surface area contributed by atoms with Crippen molar-refractivity contribution in [2.75, 3.05) is 5.32 Å². The van der Waals surface area contributed by atoms with Crippen LogP contribution in [-0.2, 0) is 37.3 Å². The van der Waals surface area contributed by atoms with Gasteiger partial charge in [0.05, 0.1) is 4.90 Å². The van der Waals surface area contributed by atoms with Gasteiger partial charge in [0.1, 0.15) is 27.0 Å². The second-order valence-electron chi connectivity index (χ2n) is 7.38. The third-order valence-electron chi connectivity index (χ3n) is 4.88. The molecule has 209 valence electrons. The Morgan fingerprint density at radius 3 is 2.10 bits per heavy atom. The molecule has 0 spiro atoms. The molecule has 0 aliphatic rings. The average Bonchev–Trinajstić information content (AvgIpc) is 2.81. The molecule has 5 N–H and O–H groups in total. The minimum absolute atomic E-state index is 0. The van der Waals surface area contributed by atoms with Crippen molar-refractivity contribution >= 4 is 88.7 Å². The van der Waals surface area contributed by atoms with E-state index >= 15 is 0 Å². The monoisotopic (exact) mass is 728 g/mol. The molecule has 0 unspecified atom stereocenters. The zero-order valence-electron chi connectivity index (χ0n) is 20.5. The van der Waals surface area contributed by atoms with Gasteiger partial charge in [0, 0.05) is 28.1 Å². The fourth-order valence-corrected chi connectivity index (χ4v) is 4.86. The van der Waals surface area contributed by atoms with E-state index in [1.165, 1.54) is 18.2 Å². The summed E-state index contributed by atoms with van der Waals surface area (Å²) in [5.41, 5.74) is -0.901. The molecule has 0 saturated heterocycles. The molecular weight excluding hydrogens is 718 g/mol. The molecule has 0 bridgehead atoms. The van der Waals surface area contributed by atoms with Crippen molar-refractivity contribution in [1.29, 1.82) is 0 Å². The quantitative estimate of drug-likeness (QED) is 0.0570. The first-order chi connectivity index (χ1) is 17.6. The summed E-state index contributed by atoms with van der Waals surface area (Å²) in [7, 11) is -9.65. The summed E-state index contributed by atoms with van der Waals surface area (Å²) in [4.78, 5) is 6.12. The van der Waals surface area contributed by atoms with E-state index in [0.29, 0.717) is 5.69 Å². The number of fused-ring (bicyclic) bond motifs is 1. The third kappa shape index (κ3) is 8.88. The van der Waals surface area contributed by atoms with E-state index in [0.717, 1.165) is 24.3 Å². The van der Waals surface area contributed by atoms with Gasteiger partial charge in [-0.3, -0.25) is 9.11 Å². The summed E-state index contributed by atoms with van der Waals surface area (Å²) in [5.74, 6) is -1.26. The van der Waals surface area contributed by atoms with Crippen molar-refractivity contribution in [2.24, 2.45) is 10.2 Å². The van der Waals surface area contributed by atoms with E-state index in [9.17, 15) is 36.2 Å². The number of phenolic OH excluding ortho intramolecular Hbond substituents is 2. The Kier molecular flexibility index (Phi) is 13.8. The normalized spacial score (nSPS) is 11.4. The molecule has 3 aromatic carbocycles. The Hall–Kier alpha value is -0.791. The van der Waals surface area contributed by atoms with Gasteiger partial charge in [-0.1, -0.05) is 23.2 Å². The number of benzene rings is 3. The largest absolute Gasteiger partial charge is 1.00 e. The van der Waals surface area contributed by atoms with Crippen LogP contribution in [0.1, 0.15) is 0 Å². The molecule has 4 aromatic rings. The standard InChI is InChI=1S/C20H12Cl3N5O8S2.Cu.2Na/c21-15-18(22)25-20(23)26-19(15)24-9-1-3-11-8(5-9)6-14(38(34,35)36)16(17(11)30)28-27-12-7-10(37(31,32)33)2-4-13(12)29;;;/h1-7,29-30H,(H,24,25,26)(H,31,32,33)(H,34,35,36);;;/q;;2*+1. The molecule has 41 heavy (non-hydrogen) atoms. The molecule has 1 heterocycles. The SMILES string of the molecule is O=S(=O)(O)c1ccc(O)c(N=Nc2c(S(=O)(=O)O)cc3cc(Nc4nc(Cl)nc(Cl)c4Cl)ccc3c2O)c1.[Cu].[Na+].[Na+]. The summed E-state index contributed by atoms with van der Waals surface area (Å²) < 4.78 is 65.9. The fraction of sp³-hybridized carbons (Fsp3) is 0. The number of azo groups is 1. The molecule has 0 amide bonds. The van der Waals surface area contributed by atoms with E-state index in [4.69, 9.17) is 34.8 Å². The van der Waals surface area contributed by atoms with Crippen LogP contribution in [0.2, 0.25) is 15.5 Å². The number of aromatic hydroxyl groups is 2. The van der Waals surface area contributed by atoms with Gasteiger partial charge in [-0.15, -0.1) is 10.2 Å². The molecule has 1 radical (unpaired) electrons. The van der Waals surface area contributed by atoms with Crippen LogP contribution in [0, 0.1) is 0 Å². The maximum absolute atomic E-state index is 12.1. The van der Waals surface area contributed by atoms with Gasteiger partial charge in [-0.25, -0.2) is 4.98 Å². The van der Waals surface area contributed by atoms with Gasteiger partial charge in [0.15, 0.2) is 16.7 Å². The summed E-state index contributed by atoms with van der Waals surface area (Å²) in [6, 6.07) is 7.75. The number of aromatic nitrogens is 2. The first-order valence-corrected chi connectivity index (χ1v) is 13.8. The number of nitrogens with zero attached hydrogens (tertiary/aromatic N) is 4. The van der Waals surface area contributed by atoms with Gasteiger partial charge >= 0.3 is 59.1 Å². The van der Waals surface area contributed by atoms with Crippen molar-refractivity contribution in [3.63, 3.8) is 0 Å². The zero-order chi connectivity index (χ0) is 28.0. The molecule has 0 aliphatic carbocycles. The Morgan fingerprint density at radius 1 is 0.829 bits per heavy atom. The van der Waals surface area contributed by atoms with Crippen molar-refractivity contribution in [2.45, 2.75) is 9.79 Å². The van der Waals surface area contributed by atoms with Crippen LogP contribution in [0.5, 0.6) is 11.5 Å². The molecular formula is C20H12Cl3CuN5Na2O8S2+2. The first-order valence-electron chi connectivity index (χ1n) is 9.80. The summed E-state index contributed by atoms with van der Waals surface area (Å²) in [6.45, 7) is 0. The van der Waals surface area contributed by atoms with Gasteiger partial charge in [-0.2, -0.15) is 21.8 Å². The summed E-state index contributed by atoms with van der Waals surface area (Å²) >= 11 is 17.8. The molecule has 0 aliphatic heterocycles. The predicted molar refractivity (Wildman–Crippen MR) is 138 cm³/mol. The number of nitrogens with one attached hydrogen (secondary N) is 1. The van der Waals surface area contributed by atoms with Crippen LogP contribution in [0.25, 0.3) is 10.8 Å². The van der Waals surface area contributed by atoms with Gasteiger partial charge in [-0.05, 0) is 59.5 Å². The van der Waals surface area contributed by atoms with E-state index in [-0.39, 0.29) is 108 Å². The topological polar surface area (TPSA) is 212 Å². The Morgan fingerprint density at radius 2 is 1.49 bits per heavy atom. The minimum atomic E-state index is -4.99. The van der Waals surface area contributed by atoms with E-state index in [1.807, 2.05) is 0 Å². The number of halogens is 3.